The first-order valence-electron chi connectivity index (χ1n) is 4.06. The van der Waals surface area contributed by atoms with Crippen LogP contribution >= 0.6 is 0 Å². The molecule has 0 saturated carbocycles. The Hall–Kier alpha value is -0.720. The summed E-state index contributed by atoms with van der Waals surface area (Å²) < 4.78 is 4.78. The molecule has 0 heterocycles. The minimum absolute atomic E-state index is 0.884. The van der Waals surface area contributed by atoms with Crippen LogP contribution in [0.4, 0.5) is 0 Å². The Bertz CT molecular complexity index is 101. The van der Waals surface area contributed by atoms with Crippen molar-refractivity contribution >= 4 is 0 Å². The molecule has 0 amide bonds. The highest BCUT2D eigenvalue weighted by Gasteiger charge is 1.74. The van der Waals surface area contributed by atoms with Crippen molar-refractivity contribution in [3.05, 3.63) is 24.5 Å². The van der Waals surface area contributed by atoms with Gasteiger partial charge < -0.3 is 4.74 Å². The highest BCUT2D eigenvalue weighted by molar-refractivity contribution is 5.01. The summed E-state index contributed by atoms with van der Waals surface area (Å²) in [5.74, 6) is 0.884. The molecular weight excluding hydrogens is 136 g/mol. The summed E-state index contributed by atoms with van der Waals surface area (Å²) in [7, 11) is 1.63. The van der Waals surface area contributed by atoms with Crippen molar-refractivity contribution in [2.45, 2.75) is 33.6 Å². The Morgan fingerprint density at radius 1 is 1.36 bits per heavy atom. The van der Waals surface area contributed by atoms with Gasteiger partial charge in [0.25, 0.3) is 0 Å². The van der Waals surface area contributed by atoms with E-state index in [1.54, 1.807) is 19.3 Å². The van der Waals surface area contributed by atoms with Crippen molar-refractivity contribution in [2.75, 3.05) is 7.11 Å². The molecule has 0 unspecified atom stereocenters. The van der Waals surface area contributed by atoms with Crippen molar-refractivity contribution < 1.29 is 4.74 Å². The van der Waals surface area contributed by atoms with Crippen LogP contribution in [0.3, 0.4) is 0 Å². The maximum absolute atomic E-state index is 4.78. The summed E-state index contributed by atoms with van der Waals surface area (Å²) >= 11 is 0. The van der Waals surface area contributed by atoms with Gasteiger partial charge in [0.2, 0.25) is 0 Å². The van der Waals surface area contributed by atoms with E-state index in [1.807, 2.05) is 6.92 Å². The quantitative estimate of drug-likeness (QED) is 0.448. The van der Waals surface area contributed by atoms with Crippen LogP contribution in [0.25, 0.3) is 0 Å². The van der Waals surface area contributed by atoms with Gasteiger partial charge in [-0.15, -0.1) is 0 Å². The fraction of sp³-hybridized carbons (Fsp3) is 0.600. The summed E-state index contributed by atoms with van der Waals surface area (Å²) in [6.45, 7) is 9.73. The molecule has 0 saturated heterocycles. The van der Waals surface area contributed by atoms with E-state index in [0.717, 1.165) is 5.76 Å². The van der Waals surface area contributed by atoms with Gasteiger partial charge in [-0.3, -0.25) is 0 Å². The van der Waals surface area contributed by atoms with E-state index in [4.69, 9.17) is 4.74 Å². The van der Waals surface area contributed by atoms with Crippen LogP contribution < -0.4 is 0 Å². The monoisotopic (exact) mass is 156 g/mol. The number of hydrogen-bond donors (Lipinski definition) is 0. The van der Waals surface area contributed by atoms with Crippen molar-refractivity contribution in [1.29, 1.82) is 0 Å². The first-order chi connectivity index (χ1) is 5.22. The zero-order chi connectivity index (χ0) is 9.11. The highest BCUT2D eigenvalue weighted by Crippen LogP contribution is 1.89. The van der Waals surface area contributed by atoms with E-state index < -0.39 is 0 Å². The second-order valence-corrected chi connectivity index (χ2v) is 2.22. The molecule has 0 aromatic carbocycles. The minimum atomic E-state index is 0.884. The summed E-state index contributed by atoms with van der Waals surface area (Å²) in [6, 6.07) is 0. The molecule has 66 valence electrons. The molecule has 0 aliphatic rings. The SMILES string of the molecule is C=C/C=C(\C)OC.CCCC. The van der Waals surface area contributed by atoms with Gasteiger partial charge in [-0.1, -0.05) is 39.3 Å². The first-order valence-corrected chi connectivity index (χ1v) is 4.06. The number of rotatable bonds is 3. The predicted molar refractivity (Wildman–Crippen MR) is 51.5 cm³/mol. The van der Waals surface area contributed by atoms with Crippen LogP contribution in [-0.2, 0) is 4.74 Å². The standard InChI is InChI=1S/C6H10O.C4H10/c1-4-5-6(2)7-3;1-3-4-2/h4-5H,1H2,2-3H3;3-4H2,1-2H3/b6-5+;. The third kappa shape index (κ3) is 17.6. The second-order valence-electron chi connectivity index (χ2n) is 2.22. The Morgan fingerprint density at radius 3 is 1.91 bits per heavy atom. The molecule has 0 radical (unpaired) electrons. The van der Waals surface area contributed by atoms with Crippen LogP contribution in [0.1, 0.15) is 33.6 Å². The zero-order valence-corrected chi connectivity index (χ0v) is 8.18. The van der Waals surface area contributed by atoms with E-state index in [0.29, 0.717) is 0 Å². The maximum Gasteiger partial charge on any atom is 0.0924 e. The highest BCUT2D eigenvalue weighted by atomic mass is 16.5. The third-order valence-electron chi connectivity index (χ3n) is 1.17. The van der Waals surface area contributed by atoms with Gasteiger partial charge in [0.1, 0.15) is 0 Å². The van der Waals surface area contributed by atoms with E-state index in [-0.39, 0.29) is 0 Å². The zero-order valence-electron chi connectivity index (χ0n) is 8.18. The molecule has 11 heavy (non-hydrogen) atoms. The average molecular weight is 156 g/mol. The lowest BCUT2D eigenvalue weighted by Gasteiger charge is -1.92. The molecule has 0 aliphatic heterocycles. The van der Waals surface area contributed by atoms with Crippen LogP contribution in [0.15, 0.2) is 24.5 Å². The van der Waals surface area contributed by atoms with E-state index >= 15 is 0 Å². The van der Waals surface area contributed by atoms with Gasteiger partial charge >= 0.3 is 0 Å². The molecule has 0 bridgehead atoms. The van der Waals surface area contributed by atoms with Crippen LogP contribution in [-0.4, -0.2) is 7.11 Å². The Kier molecular flexibility index (Phi) is 14.1. The van der Waals surface area contributed by atoms with Gasteiger partial charge in [0, 0.05) is 0 Å². The van der Waals surface area contributed by atoms with Gasteiger partial charge in [0.05, 0.1) is 12.9 Å². The molecule has 1 heteroatoms. The minimum Gasteiger partial charge on any atom is -0.501 e. The van der Waals surface area contributed by atoms with Crippen LogP contribution in [0, 0.1) is 0 Å². The van der Waals surface area contributed by atoms with Crippen molar-refractivity contribution in [1.82, 2.24) is 0 Å². The second kappa shape index (κ2) is 12.0. The molecule has 0 aliphatic carbocycles. The fourth-order valence-corrected chi connectivity index (χ4v) is 0.234. The lowest BCUT2D eigenvalue weighted by Crippen LogP contribution is -1.74. The molecule has 0 atom stereocenters. The number of hydrogen-bond acceptors (Lipinski definition) is 1. The molecule has 0 aromatic rings. The summed E-state index contributed by atoms with van der Waals surface area (Å²) in [4.78, 5) is 0. The van der Waals surface area contributed by atoms with Crippen molar-refractivity contribution in [3.63, 3.8) is 0 Å². The fourth-order valence-electron chi connectivity index (χ4n) is 0.234. The molecule has 0 rings (SSSR count). The van der Waals surface area contributed by atoms with E-state index in [9.17, 15) is 0 Å². The Morgan fingerprint density at radius 2 is 1.82 bits per heavy atom. The van der Waals surface area contributed by atoms with Gasteiger partial charge in [0.15, 0.2) is 0 Å². The summed E-state index contributed by atoms with van der Waals surface area (Å²) in [6.07, 6.45) is 6.14. The lowest BCUT2D eigenvalue weighted by atomic mass is 10.4. The van der Waals surface area contributed by atoms with Gasteiger partial charge in [-0.05, 0) is 13.0 Å². The van der Waals surface area contributed by atoms with Gasteiger partial charge in [-0.2, -0.15) is 0 Å². The normalized spacial score (nSPS) is 9.64. The molecule has 1 nitrogen and oxygen atoms in total. The molecular formula is C10H20O. The smallest absolute Gasteiger partial charge is 0.0924 e. The number of allylic oxidation sites excluding steroid dienone is 3. The predicted octanol–water partition coefficient (Wildman–Crippen LogP) is 3.53. The number of methoxy groups -OCH3 is 1. The Balaban J connectivity index is 0. The summed E-state index contributed by atoms with van der Waals surface area (Å²) in [5.41, 5.74) is 0. The number of unbranched alkanes of at least 4 members (excludes halogenated alkanes) is 1. The average Bonchev–Trinajstić information content (AvgIpc) is 2.05. The first kappa shape index (κ1) is 12.9. The molecule has 0 fully saturated rings. The van der Waals surface area contributed by atoms with Crippen LogP contribution in [0.5, 0.6) is 0 Å². The largest absolute Gasteiger partial charge is 0.501 e. The van der Waals surface area contributed by atoms with Crippen LogP contribution in [0.2, 0.25) is 0 Å². The van der Waals surface area contributed by atoms with Crippen molar-refractivity contribution in [3.8, 4) is 0 Å². The molecule has 0 aromatic heterocycles. The molecule has 0 spiro atoms. The Labute approximate surface area is 70.8 Å². The van der Waals surface area contributed by atoms with Gasteiger partial charge in [-0.25, -0.2) is 0 Å². The lowest BCUT2D eigenvalue weighted by molar-refractivity contribution is 0.294. The molecule has 0 N–H and O–H groups in total. The summed E-state index contributed by atoms with van der Waals surface area (Å²) in [5, 5.41) is 0. The maximum atomic E-state index is 4.78. The third-order valence-corrected chi connectivity index (χ3v) is 1.17. The number of ether oxygens (including phenoxy) is 1. The van der Waals surface area contributed by atoms with E-state index in [1.165, 1.54) is 12.8 Å². The van der Waals surface area contributed by atoms with E-state index in [2.05, 4.69) is 20.4 Å². The topological polar surface area (TPSA) is 9.23 Å². The van der Waals surface area contributed by atoms with Crippen molar-refractivity contribution in [2.24, 2.45) is 0 Å².